The highest BCUT2D eigenvalue weighted by Gasteiger charge is 2.06. The minimum absolute atomic E-state index is 0.108. The molecule has 0 saturated heterocycles. The van der Waals surface area contributed by atoms with E-state index in [1.807, 2.05) is 35.9 Å². The van der Waals surface area contributed by atoms with Crippen molar-refractivity contribution in [2.45, 2.75) is 19.2 Å². The van der Waals surface area contributed by atoms with Gasteiger partial charge in [0.15, 0.2) is 0 Å². The van der Waals surface area contributed by atoms with E-state index in [1.165, 1.54) is 23.4 Å². The Morgan fingerprint density at radius 1 is 1.25 bits per heavy atom. The van der Waals surface area contributed by atoms with Crippen molar-refractivity contribution in [2.75, 3.05) is 5.75 Å². The van der Waals surface area contributed by atoms with E-state index in [0.29, 0.717) is 17.1 Å². The Bertz CT molecular complexity index is 862. The molecule has 0 unspecified atom stereocenters. The molecule has 24 heavy (non-hydrogen) atoms. The van der Waals surface area contributed by atoms with Gasteiger partial charge in [0.25, 0.3) is 0 Å². The zero-order valence-corrected chi connectivity index (χ0v) is 14.1. The third kappa shape index (κ3) is 4.14. The third-order valence-corrected chi connectivity index (χ3v) is 4.53. The molecule has 2 heterocycles. The molecule has 1 amide bonds. The Balaban J connectivity index is 1.47. The van der Waals surface area contributed by atoms with Gasteiger partial charge >= 0.3 is 0 Å². The molecule has 0 bridgehead atoms. The summed E-state index contributed by atoms with van der Waals surface area (Å²) in [5.74, 6) is 0.572. The van der Waals surface area contributed by atoms with E-state index in [9.17, 15) is 9.18 Å². The first-order valence-electron chi connectivity index (χ1n) is 7.64. The second-order valence-electron chi connectivity index (χ2n) is 5.57. The van der Waals surface area contributed by atoms with Crippen molar-refractivity contribution < 1.29 is 9.18 Å². The van der Waals surface area contributed by atoms with Crippen LogP contribution in [0.4, 0.5) is 4.39 Å². The number of hydrogen-bond acceptors (Lipinski definition) is 3. The molecule has 1 aromatic carbocycles. The van der Waals surface area contributed by atoms with Crippen LogP contribution >= 0.6 is 11.8 Å². The lowest BCUT2D eigenvalue weighted by Gasteiger charge is -2.05. The van der Waals surface area contributed by atoms with Crippen LogP contribution in [0.1, 0.15) is 16.8 Å². The fourth-order valence-corrected chi connectivity index (χ4v) is 3.10. The fourth-order valence-electron chi connectivity index (χ4n) is 2.36. The number of benzene rings is 1. The SMILES string of the molecule is Cc1ccc2nc(CSCC(=O)NCc3ccccc3F)cn2c1. The molecule has 0 aliphatic carbocycles. The maximum atomic E-state index is 13.5. The molecule has 3 rings (SSSR count). The van der Waals surface area contributed by atoms with Gasteiger partial charge in [-0.15, -0.1) is 11.8 Å². The van der Waals surface area contributed by atoms with Gasteiger partial charge in [0.2, 0.25) is 5.91 Å². The summed E-state index contributed by atoms with van der Waals surface area (Å²) in [6.07, 6.45) is 4.00. The highest BCUT2D eigenvalue weighted by molar-refractivity contribution is 7.99. The molecule has 1 N–H and O–H groups in total. The second kappa shape index (κ2) is 7.49. The molecule has 0 atom stereocenters. The number of thioether (sulfide) groups is 1. The Morgan fingerprint density at radius 2 is 2.08 bits per heavy atom. The average Bonchev–Trinajstić information content (AvgIpc) is 2.96. The van der Waals surface area contributed by atoms with Gasteiger partial charge in [0.05, 0.1) is 11.4 Å². The van der Waals surface area contributed by atoms with E-state index in [2.05, 4.69) is 10.3 Å². The number of amides is 1. The molecule has 0 fully saturated rings. The van der Waals surface area contributed by atoms with Crippen LogP contribution in [0.15, 0.2) is 48.8 Å². The smallest absolute Gasteiger partial charge is 0.230 e. The standard InChI is InChI=1S/C18H18FN3OS/c1-13-6-7-17-21-15(10-22(17)9-13)11-24-12-18(23)20-8-14-4-2-3-5-16(14)19/h2-7,9-10H,8,11-12H2,1H3,(H,20,23). The normalized spacial score (nSPS) is 10.9. The number of nitrogens with zero attached hydrogens (tertiary/aromatic N) is 2. The zero-order valence-electron chi connectivity index (χ0n) is 13.3. The van der Waals surface area contributed by atoms with Crippen LogP contribution in [0.3, 0.4) is 0 Å². The number of imidazole rings is 1. The van der Waals surface area contributed by atoms with Crippen LogP contribution in [-0.2, 0) is 17.1 Å². The van der Waals surface area contributed by atoms with Crippen molar-refractivity contribution >= 4 is 23.3 Å². The number of halogens is 1. The number of carbonyl (C=O) groups excluding carboxylic acids is 1. The van der Waals surface area contributed by atoms with Gasteiger partial charge in [-0.05, 0) is 24.6 Å². The number of carbonyl (C=O) groups is 1. The fraction of sp³-hybridized carbons (Fsp3) is 0.222. The van der Waals surface area contributed by atoms with Gasteiger partial charge in [-0.25, -0.2) is 9.37 Å². The average molecular weight is 343 g/mol. The van der Waals surface area contributed by atoms with Crippen LogP contribution in [0.5, 0.6) is 0 Å². The minimum atomic E-state index is -0.301. The summed E-state index contributed by atoms with van der Waals surface area (Å²) in [5.41, 5.74) is 3.51. The minimum Gasteiger partial charge on any atom is -0.351 e. The summed E-state index contributed by atoms with van der Waals surface area (Å²) in [6, 6.07) is 10.4. The summed E-state index contributed by atoms with van der Waals surface area (Å²) >= 11 is 1.49. The number of aryl methyl sites for hydroxylation is 1. The lowest BCUT2D eigenvalue weighted by Crippen LogP contribution is -2.25. The molecule has 2 aromatic heterocycles. The number of hydrogen-bond donors (Lipinski definition) is 1. The van der Waals surface area contributed by atoms with Crippen LogP contribution in [0, 0.1) is 12.7 Å². The lowest BCUT2D eigenvalue weighted by atomic mass is 10.2. The van der Waals surface area contributed by atoms with Crippen LogP contribution in [0.2, 0.25) is 0 Å². The second-order valence-corrected chi connectivity index (χ2v) is 6.55. The van der Waals surface area contributed by atoms with Crippen LogP contribution in [0.25, 0.3) is 5.65 Å². The zero-order chi connectivity index (χ0) is 16.9. The van der Waals surface area contributed by atoms with Crippen LogP contribution in [-0.4, -0.2) is 21.0 Å². The van der Waals surface area contributed by atoms with Crippen molar-refractivity contribution in [1.29, 1.82) is 0 Å². The molecular weight excluding hydrogens is 325 g/mol. The first kappa shape index (κ1) is 16.5. The van der Waals surface area contributed by atoms with E-state index in [0.717, 1.165) is 11.3 Å². The Kier molecular flexibility index (Phi) is 5.15. The largest absolute Gasteiger partial charge is 0.351 e. The molecule has 3 aromatic rings. The predicted molar refractivity (Wildman–Crippen MR) is 94.3 cm³/mol. The number of nitrogens with one attached hydrogen (secondary N) is 1. The van der Waals surface area contributed by atoms with Crippen molar-refractivity contribution in [3.8, 4) is 0 Å². The summed E-state index contributed by atoms with van der Waals surface area (Å²) in [7, 11) is 0. The third-order valence-electron chi connectivity index (χ3n) is 3.57. The van der Waals surface area contributed by atoms with E-state index in [1.54, 1.807) is 18.2 Å². The summed E-state index contributed by atoms with van der Waals surface area (Å²) in [4.78, 5) is 16.4. The molecule has 0 spiro atoms. The van der Waals surface area contributed by atoms with Gasteiger partial charge in [-0.3, -0.25) is 4.79 Å². The summed E-state index contributed by atoms with van der Waals surface area (Å²) in [6.45, 7) is 2.24. The molecular formula is C18H18FN3OS. The van der Waals surface area contributed by atoms with Crippen LogP contribution < -0.4 is 5.32 Å². The molecule has 6 heteroatoms. The monoisotopic (exact) mass is 343 g/mol. The number of pyridine rings is 1. The molecule has 0 aliphatic heterocycles. The Morgan fingerprint density at radius 3 is 2.92 bits per heavy atom. The van der Waals surface area contributed by atoms with E-state index in [4.69, 9.17) is 0 Å². The number of rotatable bonds is 6. The molecule has 0 radical (unpaired) electrons. The van der Waals surface area contributed by atoms with Gasteiger partial charge in [-0.2, -0.15) is 0 Å². The maximum Gasteiger partial charge on any atom is 0.230 e. The Labute approximate surface area is 144 Å². The maximum absolute atomic E-state index is 13.5. The predicted octanol–water partition coefficient (Wildman–Crippen LogP) is 3.33. The first-order valence-corrected chi connectivity index (χ1v) is 8.79. The number of fused-ring (bicyclic) bond motifs is 1. The highest BCUT2D eigenvalue weighted by atomic mass is 32.2. The Hall–Kier alpha value is -2.34. The van der Waals surface area contributed by atoms with Gasteiger partial charge in [0.1, 0.15) is 11.5 Å². The molecule has 0 aliphatic rings. The number of aromatic nitrogens is 2. The first-order chi connectivity index (χ1) is 11.6. The van der Waals surface area contributed by atoms with E-state index in [-0.39, 0.29) is 18.3 Å². The van der Waals surface area contributed by atoms with Gasteiger partial charge < -0.3 is 9.72 Å². The van der Waals surface area contributed by atoms with Crippen molar-refractivity contribution in [2.24, 2.45) is 0 Å². The summed E-state index contributed by atoms with van der Waals surface area (Å²) in [5, 5.41) is 2.73. The topological polar surface area (TPSA) is 46.4 Å². The summed E-state index contributed by atoms with van der Waals surface area (Å²) < 4.78 is 15.5. The lowest BCUT2D eigenvalue weighted by molar-refractivity contribution is -0.118. The van der Waals surface area contributed by atoms with Crippen molar-refractivity contribution in [3.63, 3.8) is 0 Å². The molecule has 124 valence electrons. The van der Waals surface area contributed by atoms with E-state index >= 15 is 0 Å². The molecule has 0 saturated carbocycles. The molecule has 4 nitrogen and oxygen atoms in total. The van der Waals surface area contributed by atoms with Gasteiger partial charge in [-0.1, -0.05) is 24.3 Å². The van der Waals surface area contributed by atoms with Gasteiger partial charge in [0, 0.05) is 30.3 Å². The van der Waals surface area contributed by atoms with Crippen molar-refractivity contribution in [3.05, 3.63) is 71.4 Å². The van der Waals surface area contributed by atoms with E-state index < -0.39 is 0 Å². The quantitative estimate of drug-likeness (QED) is 0.747. The van der Waals surface area contributed by atoms with Crippen molar-refractivity contribution in [1.82, 2.24) is 14.7 Å². The highest BCUT2D eigenvalue weighted by Crippen LogP contribution is 2.14.